The number of hydrogen-bond donors (Lipinski definition) is 1. The lowest BCUT2D eigenvalue weighted by Crippen LogP contribution is -2.00. The average molecular weight is 394 g/mol. The van der Waals surface area contributed by atoms with Gasteiger partial charge >= 0.3 is 0 Å². The van der Waals surface area contributed by atoms with Crippen LogP contribution in [-0.2, 0) is 0 Å². The van der Waals surface area contributed by atoms with Crippen molar-refractivity contribution < 1.29 is 19.0 Å². The van der Waals surface area contributed by atoms with Crippen molar-refractivity contribution >= 4 is 28.5 Å². The van der Waals surface area contributed by atoms with Crippen LogP contribution >= 0.6 is 11.3 Å². The van der Waals surface area contributed by atoms with Gasteiger partial charge in [0.05, 0.1) is 38.3 Å². The second kappa shape index (κ2) is 7.36. The second-order valence-corrected chi connectivity index (χ2v) is 6.89. The van der Waals surface area contributed by atoms with Gasteiger partial charge in [0.2, 0.25) is 5.75 Å². The van der Waals surface area contributed by atoms with Crippen LogP contribution in [0.15, 0.2) is 41.8 Å². The number of ether oxygens (including phenoxy) is 3. The maximum absolute atomic E-state index is 11.7. The fourth-order valence-corrected chi connectivity index (χ4v) is 4.01. The van der Waals surface area contributed by atoms with E-state index in [0.29, 0.717) is 34.1 Å². The standard InChI is InChI=1S/C21H18N2O4S/c1-25-17-9-13(10-24)18(20(27-3)19(17)26-2)16-11-28-21(23-16)15-8-12-6-4-5-7-14(12)22-15/h4-11,22H,1-3H3. The van der Waals surface area contributed by atoms with E-state index in [9.17, 15) is 4.79 Å². The molecule has 0 aliphatic heterocycles. The number of fused-ring (bicyclic) bond motifs is 1. The molecule has 0 saturated heterocycles. The molecule has 0 spiro atoms. The summed E-state index contributed by atoms with van der Waals surface area (Å²) in [4.78, 5) is 19.9. The number of nitrogens with one attached hydrogen (secondary N) is 1. The smallest absolute Gasteiger partial charge is 0.204 e. The Bertz CT molecular complexity index is 1130. The highest BCUT2D eigenvalue weighted by molar-refractivity contribution is 7.13. The van der Waals surface area contributed by atoms with Crippen LogP contribution in [0, 0.1) is 0 Å². The lowest BCUT2D eigenvalue weighted by Gasteiger charge is -2.16. The minimum absolute atomic E-state index is 0.414. The molecular formula is C21H18N2O4S. The van der Waals surface area contributed by atoms with E-state index in [1.165, 1.54) is 32.7 Å². The third kappa shape index (κ3) is 2.90. The number of hydrogen-bond acceptors (Lipinski definition) is 6. The summed E-state index contributed by atoms with van der Waals surface area (Å²) in [5.74, 6) is 1.26. The number of para-hydroxylation sites is 1. The first kappa shape index (κ1) is 18.1. The van der Waals surface area contributed by atoms with Crippen LogP contribution in [0.2, 0.25) is 0 Å². The zero-order chi connectivity index (χ0) is 19.7. The van der Waals surface area contributed by atoms with E-state index in [-0.39, 0.29) is 0 Å². The summed E-state index contributed by atoms with van der Waals surface area (Å²) >= 11 is 1.49. The summed E-state index contributed by atoms with van der Waals surface area (Å²) in [5.41, 5.74) is 3.60. The Kier molecular flexibility index (Phi) is 4.75. The van der Waals surface area contributed by atoms with E-state index in [4.69, 9.17) is 19.2 Å². The lowest BCUT2D eigenvalue weighted by atomic mass is 10.0. The van der Waals surface area contributed by atoms with Gasteiger partial charge < -0.3 is 19.2 Å². The third-order valence-electron chi connectivity index (χ3n) is 4.51. The number of carbonyl (C=O) groups excluding carboxylic acids is 1. The molecule has 1 N–H and O–H groups in total. The van der Waals surface area contributed by atoms with Crippen LogP contribution in [0.1, 0.15) is 10.4 Å². The molecule has 6 nitrogen and oxygen atoms in total. The quantitative estimate of drug-likeness (QED) is 0.476. The molecule has 4 aromatic rings. The SMILES string of the molecule is COc1cc(C=O)c(-c2csc(-c3cc4ccccc4[nH]3)n2)c(OC)c1OC. The van der Waals surface area contributed by atoms with E-state index in [0.717, 1.165) is 27.9 Å². The molecule has 0 aliphatic rings. The molecule has 28 heavy (non-hydrogen) atoms. The van der Waals surface area contributed by atoms with Crippen LogP contribution in [0.25, 0.3) is 32.9 Å². The Morgan fingerprint density at radius 2 is 1.82 bits per heavy atom. The Balaban J connectivity index is 1.87. The number of thiazole rings is 1. The minimum atomic E-state index is 0.414. The fourth-order valence-electron chi connectivity index (χ4n) is 3.23. The van der Waals surface area contributed by atoms with Gasteiger partial charge in [-0.15, -0.1) is 11.3 Å². The van der Waals surface area contributed by atoms with E-state index < -0.39 is 0 Å². The van der Waals surface area contributed by atoms with Gasteiger partial charge in [-0.3, -0.25) is 4.79 Å². The van der Waals surface area contributed by atoms with Crippen LogP contribution in [0.4, 0.5) is 0 Å². The van der Waals surface area contributed by atoms with Crippen molar-refractivity contribution in [3.8, 4) is 39.2 Å². The second-order valence-electron chi connectivity index (χ2n) is 6.04. The summed E-state index contributed by atoms with van der Waals surface area (Å²) in [5, 5.41) is 3.84. The van der Waals surface area contributed by atoms with Crippen LogP contribution in [0.5, 0.6) is 17.2 Å². The maximum atomic E-state index is 11.7. The number of rotatable bonds is 6. The van der Waals surface area contributed by atoms with Crippen molar-refractivity contribution in [1.29, 1.82) is 0 Å². The van der Waals surface area contributed by atoms with Crippen molar-refractivity contribution in [1.82, 2.24) is 9.97 Å². The van der Waals surface area contributed by atoms with Gasteiger partial charge in [0.15, 0.2) is 17.8 Å². The Morgan fingerprint density at radius 1 is 1.04 bits per heavy atom. The highest BCUT2D eigenvalue weighted by Crippen LogP contribution is 2.46. The molecule has 0 amide bonds. The summed E-state index contributed by atoms with van der Waals surface area (Å²) in [6.45, 7) is 0. The number of nitrogens with zero attached hydrogens (tertiary/aromatic N) is 1. The molecule has 0 atom stereocenters. The fraction of sp³-hybridized carbons (Fsp3) is 0.143. The monoisotopic (exact) mass is 394 g/mol. The van der Waals surface area contributed by atoms with Crippen molar-refractivity contribution in [3.05, 3.63) is 47.3 Å². The van der Waals surface area contributed by atoms with Crippen LogP contribution in [-0.4, -0.2) is 37.6 Å². The summed E-state index contributed by atoms with van der Waals surface area (Å²) in [6.07, 6.45) is 0.766. The summed E-state index contributed by atoms with van der Waals surface area (Å²) in [6, 6.07) is 11.7. The summed E-state index contributed by atoms with van der Waals surface area (Å²) in [7, 11) is 4.57. The van der Waals surface area contributed by atoms with Crippen LogP contribution < -0.4 is 14.2 Å². The minimum Gasteiger partial charge on any atom is -0.493 e. The number of aromatic amines is 1. The molecule has 0 fully saturated rings. The molecular weight excluding hydrogens is 376 g/mol. The topological polar surface area (TPSA) is 73.4 Å². The average Bonchev–Trinajstić information content (AvgIpc) is 3.38. The first-order valence-electron chi connectivity index (χ1n) is 8.52. The van der Waals surface area contributed by atoms with Crippen LogP contribution in [0.3, 0.4) is 0 Å². The lowest BCUT2D eigenvalue weighted by molar-refractivity contribution is 0.112. The van der Waals surface area contributed by atoms with Gasteiger partial charge in [-0.05, 0) is 18.2 Å². The van der Waals surface area contributed by atoms with E-state index in [2.05, 4.69) is 11.1 Å². The van der Waals surface area contributed by atoms with Gasteiger partial charge in [-0.1, -0.05) is 18.2 Å². The van der Waals surface area contributed by atoms with E-state index in [1.807, 2.05) is 29.6 Å². The number of carbonyl (C=O) groups is 1. The van der Waals surface area contributed by atoms with Gasteiger partial charge in [0.1, 0.15) is 5.01 Å². The Hall–Kier alpha value is -3.32. The predicted octanol–water partition coefficient (Wildman–Crippen LogP) is 4.80. The molecule has 0 unspecified atom stereocenters. The maximum Gasteiger partial charge on any atom is 0.204 e. The first-order valence-corrected chi connectivity index (χ1v) is 9.40. The van der Waals surface area contributed by atoms with Gasteiger partial charge in [0, 0.05) is 21.8 Å². The van der Waals surface area contributed by atoms with Crippen molar-refractivity contribution in [2.45, 2.75) is 0 Å². The van der Waals surface area contributed by atoms with Gasteiger partial charge in [0.25, 0.3) is 0 Å². The molecule has 0 bridgehead atoms. The number of aldehydes is 1. The van der Waals surface area contributed by atoms with Gasteiger partial charge in [-0.2, -0.15) is 0 Å². The predicted molar refractivity (Wildman–Crippen MR) is 110 cm³/mol. The number of H-pyrrole nitrogens is 1. The zero-order valence-corrected chi connectivity index (χ0v) is 16.4. The number of aromatic nitrogens is 2. The molecule has 2 heterocycles. The molecule has 2 aromatic heterocycles. The summed E-state index contributed by atoms with van der Waals surface area (Å²) < 4.78 is 16.4. The molecule has 4 rings (SSSR count). The number of benzene rings is 2. The number of methoxy groups -OCH3 is 3. The van der Waals surface area contributed by atoms with Crippen molar-refractivity contribution in [2.24, 2.45) is 0 Å². The van der Waals surface area contributed by atoms with Crippen molar-refractivity contribution in [3.63, 3.8) is 0 Å². The molecule has 0 aliphatic carbocycles. The van der Waals surface area contributed by atoms with E-state index in [1.54, 1.807) is 6.07 Å². The molecule has 7 heteroatoms. The first-order chi connectivity index (χ1) is 13.7. The molecule has 0 radical (unpaired) electrons. The highest BCUT2D eigenvalue weighted by atomic mass is 32.1. The highest BCUT2D eigenvalue weighted by Gasteiger charge is 2.23. The normalized spacial score (nSPS) is 10.8. The third-order valence-corrected chi connectivity index (χ3v) is 5.38. The molecule has 142 valence electrons. The van der Waals surface area contributed by atoms with Crippen molar-refractivity contribution in [2.75, 3.05) is 21.3 Å². The van der Waals surface area contributed by atoms with E-state index >= 15 is 0 Å². The molecule has 0 saturated carbocycles. The largest absolute Gasteiger partial charge is 0.493 e. The zero-order valence-electron chi connectivity index (χ0n) is 15.6. The van der Waals surface area contributed by atoms with Gasteiger partial charge in [-0.25, -0.2) is 4.98 Å². The Labute approximate surface area is 165 Å². The molecule has 2 aromatic carbocycles. The Morgan fingerprint density at radius 3 is 2.50 bits per heavy atom.